The van der Waals surface area contributed by atoms with E-state index in [-0.39, 0.29) is 5.91 Å². The summed E-state index contributed by atoms with van der Waals surface area (Å²) in [6.07, 6.45) is 7.17. The summed E-state index contributed by atoms with van der Waals surface area (Å²) in [7, 11) is 3.56. The van der Waals surface area contributed by atoms with Gasteiger partial charge in [0, 0.05) is 30.7 Å². The first-order chi connectivity index (χ1) is 16.5. The van der Waals surface area contributed by atoms with Crippen LogP contribution in [0.3, 0.4) is 0 Å². The lowest BCUT2D eigenvalue weighted by atomic mass is 9.87. The molecular weight excluding hydrogens is 440 g/mol. The lowest BCUT2D eigenvalue weighted by molar-refractivity contribution is 0.0832. The second-order valence-corrected chi connectivity index (χ2v) is 10.2. The molecule has 4 nitrogen and oxygen atoms in total. The SMILES string of the molecule is C=Cc1ccc(C2CCN(CCCOc3cccc4sc(C(=O)N(C)C)cc34)CC2)cc1C=C. The third-order valence-electron chi connectivity index (χ3n) is 6.62. The van der Waals surface area contributed by atoms with E-state index in [1.807, 2.05) is 36.4 Å². The highest BCUT2D eigenvalue weighted by molar-refractivity contribution is 7.20. The number of rotatable bonds is 9. The van der Waals surface area contributed by atoms with Crippen LogP contribution in [-0.2, 0) is 0 Å². The number of nitrogens with zero attached hydrogens (tertiary/aromatic N) is 2. The van der Waals surface area contributed by atoms with Gasteiger partial charge in [0.1, 0.15) is 5.75 Å². The van der Waals surface area contributed by atoms with Crippen molar-refractivity contribution in [3.05, 3.63) is 77.2 Å². The summed E-state index contributed by atoms with van der Waals surface area (Å²) in [5.74, 6) is 1.51. The smallest absolute Gasteiger partial charge is 0.263 e. The highest BCUT2D eigenvalue weighted by Gasteiger charge is 2.21. The van der Waals surface area contributed by atoms with Crippen LogP contribution in [0.15, 0.2) is 55.6 Å². The van der Waals surface area contributed by atoms with Gasteiger partial charge < -0.3 is 14.5 Å². The van der Waals surface area contributed by atoms with Gasteiger partial charge in [-0.15, -0.1) is 11.3 Å². The number of piperidine rings is 1. The van der Waals surface area contributed by atoms with Crippen LogP contribution >= 0.6 is 11.3 Å². The zero-order valence-electron chi connectivity index (χ0n) is 20.3. The van der Waals surface area contributed by atoms with E-state index in [0.717, 1.165) is 52.3 Å². The number of carbonyl (C=O) groups is 1. The highest BCUT2D eigenvalue weighted by atomic mass is 32.1. The molecule has 34 heavy (non-hydrogen) atoms. The second-order valence-electron chi connectivity index (χ2n) is 9.09. The summed E-state index contributed by atoms with van der Waals surface area (Å²) in [4.78, 5) is 17.2. The van der Waals surface area contributed by atoms with Gasteiger partial charge in [0.05, 0.1) is 11.5 Å². The molecule has 178 valence electrons. The fourth-order valence-electron chi connectivity index (χ4n) is 4.66. The Morgan fingerprint density at radius 2 is 1.88 bits per heavy atom. The topological polar surface area (TPSA) is 32.8 Å². The van der Waals surface area contributed by atoms with Crippen molar-refractivity contribution in [2.75, 3.05) is 40.3 Å². The molecule has 0 spiro atoms. The van der Waals surface area contributed by atoms with Crippen molar-refractivity contribution in [2.45, 2.75) is 25.2 Å². The largest absolute Gasteiger partial charge is 0.493 e. The number of ether oxygens (including phenoxy) is 1. The van der Waals surface area contributed by atoms with Crippen LogP contribution in [0.1, 0.15) is 51.5 Å². The molecule has 1 aliphatic rings. The van der Waals surface area contributed by atoms with E-state index in [9.17, 15) is 4.79 Å². The van der Waals surface area contributed by atoms with Crippen molar-refractivity contribution in [3.8, 4) is 5.75 Å². The summed E-state index contributed by atoms with van der Waals surface area (Å²) < 4.78 is 7.23. The van der Waals surface area contributed by atoms with Gasteiger partial charge in [-0.3, -0.25) is 4.79 Å². The van der Waals surface area contributed by atoms with Crippen LogP contribution in [0.4, 0.5) is 0 Å². The Balaban J connectivity index is 1.26. The van der Waals surface area contributed by atoms with Crippen molar-refractivity contribution in [3.63, 3.8) is 0 Å². The van der Waals surface area contributed by atoms with Crippen LogP contribution in [0, 0.1) is 0 Å². The Morgan fingerprint density at radius 1 is 1.12 bits per heavy atom. The normalized spacial score (nSPS) is 14.8. The van der Waals surface area contributed by atoms with Crippen molar-refractivity contribution in [1.29, 1.82) is 0 Å². The summed E-state index contributed by atoms with van der Waals surface area (Å²) in [6.45, 7) is 11.8. The predicted octanol–water partition coefficient (Wildman–Crippen LogP) is 6.54. The van der Waals surface area contributed by atoms with Gasteiger partial charge in [-0.25, -0.2) is 0 Å². The molecule has 0 atom stereocenters. The number of fused-ring (bicyclic) bond motifs is 1. The van der Waals surface area contributed by atoms with E-state index in [4.69, 9.17) is 4.74 Å². The fraction of sp³-hybridized carbons (Fsp3) is 0.345. The highest BCUT2D eigenvalue weighted by Crippen LogP contribution is 2.34. The summed E-state index contributed by atoms with van der Waals surface area (Å²) in [6, 6.07) is 14.7. The average Bonchev–Trinajstić information content (AvgIpc) is 3.31. The van der Waals surface area contributed by atoms with Gasteiger partial charge in [0.15, 0.2) is 0 Å². The number of hydrogen-bond donors (Lipinski definition) is 0. The molecule has 1 saturated heterocycles. The Bertz CT molecular complexity index is 1170. The number of amides is 1. The molecule has 0 aliphatic carbocycles. The number of benzene rings is 2. The first-order valence-corrected chi connectivity index (χ1v) is 12.8. The van der Waals surface area contributed by atoms with Crippen molar-refractivity contribution in [1.82, 2.24) is 9.80 Å². The minimum Gasteiger partial charge on any atom is -0.493 e. The Labute approximate surface area is 207 Å². The first kappa shape index (κ1) is 24.2. The van der Waals surface area contributed by atoms with Crippen LogP contribution in [0.5, 0.6) is 5.75 Å². The lowest BCUT2D eigenvalue weighted by Gasteiger charge is -2.32. The first-order valence-electron chi connectivity index (χ1n) is 12.0. The predicted molar refractivity (Wildman–Crippen MR) is 145 cm³/mol. The molecule has 0 saturated carbocycles. The Hall–Kier alpha value is -2.89. The van der Waals surface area contributed by atoms with Crippen molar-refractivity contribution < 1.29 is 9.53 Å². The number of likely N-dealkylation sites (tertiary alicyclic amines) is 1. The summed E-state index contributed by atoms with van der Waals surface area (Å²) in [5, 5.41) is 1.03. The maximum atomic E-state index is 12.3. The minimum atomic E-state index is 0.0351. The molecule has 1 amide bonds. The zero-order chi connectivity index (χ0) is 24.1. The minimum absolute atomic E-state index is 0.0351. The molecule has 2 aromatic carbocycles. The maximum absolute atomic E-state index is 12.3. The van der Waals surface area contributed by atoms with Crippen molar-refractivity contribution in [2.24, 2.45) is 0 Å². The zero-order valence-corrected chi connectivity index (χ0v) is 21.1. The molecule has 0 unspecified atom stereocenters. The molecule has 2 heterocycles. The van der Waals surface area contributed by atoms with Gasteiger partial charge in [0.2, 0.25) is 0 Å². The summed E-state index contributed by atoms with van der Waals surface area (Å²) in [5.41, 5.74) is 3.74. The Kier molecular flexibility index (Phi) is 7.86. The Morgan fingerprint density at radius 3 is 2.59 bits per heavy atom. The number of thiophene rings is 1. The van der Waals surface area contributed by atoms with E-state index >= 15 is 0 Å². The van der Waals surface area contributed by atoms with E-state index in [1.54, 1.807) is 19.0 Å². The van der Waals surface area contributed by atoms with Crippen LogP contribution in [-0.4, -0.2) is 56.0 Å². The molecule has 3 aromatic rings. The standard InChI is InChI=1S/C29H34N2O2S/c1-5-21-11-12-24(19-22(21)6-2)23-13-16-31(17-14-23)15-8-18-33-26-9-7-10-27-25(26)20-28(34-27)29(32)30(3)4/h5-7,9-12,19-20,23H,1-2,8,13-18H2,3-4H3. The van der Waals surface area contributed by atoms with Gasteiger partial charge in [-0.05, 0) is 73.2 Å². The monoisotopic (exact) mass is 474 g/mol. The molecule has 4 rings (SSSR count). The molecule has 5 heteroatoms. The molecular formula is C29H34N2O2S. The van der Waals surface area contributed by atoms with Gasteiger partial charge in [0.25, 0.3) is 5.91 Å². The number of carbonyl (C=O) groups excluding carboxylic acids is 1. The van der Waals surface area contributed by atoms with Crippen molar-refractivity contribution >= 4 is 39.5 Å². The van der Waals surface area contributed by atoms with Gasteiger partial charge >= 0.3 is 0 Å². The molecule has 0 radical (unpaired) electrons. The van der Waals surface area contributed by atoms with E-state index in [1.165, 1.54) is 35.3 Å². The third-order valence-corrected chi connectivity index (χ3v) is 7.71. The molecule has 0 bridgehead atoms. The van der Waals surface area contributed by atoms with Gasteiger partial charge in [-0.1, -0.05) is 49.6 Å². The second kappa shape index (κ2) is 11.0. The number of hydrogen-bond acceptors (Lipinski definition) is 4. The molecule has 0 N–H and O–H groups in total. The maximum Gasteiger partial charge on any atom is 0.263 e. The van der Waals surface area contributed by atoms with E-state index in [2.05, 4.69) is 36.3 Å². The van der Waals surface area contributed by atoms with Crippen LogP contribution < -0.4 is 4.74 Å². The fourth-order valence-corrected chi connectivity index (χ4v) is 5.76. The molecule has 1 fully saturated rings. The van der Waals surface area contributed by atoms with Gasteiger partial charge in [-0.2, -0.15) is 0 Å². The van der Waals surface area contributed by atoms with E-state index < -0.39 is 0 Å². The summed E-state index contributed by atoms with van der Waals surface area (Å²) >= 11 is 1.52. The van der Waals surface area contributed by atoms with E-state index in [0.29, 0.717) is 12.5 Å². The van der Waals surface area contributed by atoms with Crippen LogP contribution in [0.2, 0.25) is 0 Å². The lowest BCUT2D eigenvalue weighted by Crippen LogP contribution is -2.34. The quantitative estimate of drug-likeness (QED) is 0.330. The molecule has 1 aliphatic heterocycles. The molecule has 1 aromatic heterocycles. The third kappa shape index (κ3) is 5.43. The average molecular weight is 475 g/mol. The van der Waals surface area contributed by atoms with Crippen LogP contribution in [0.25, 0.3) is 22.2 Å².